The van der Waals surface area contributed by atoms with Gasteiger partial charge in [0.2, 0.25) is 5.95 Å². The van der Waals surface area contributed by atoms with Gasteiger partial charge in [-0.15, -0.1) is 0 Å². The minimum Gasteiger partial charge on any atom is -0.376 e. The number of hydrogen-bond donors (Lipinski definition) is 2. The highest BCUT2D eigenvalue weighted by Crippen LogP contribution is 2.14. The quantitative estimate of drug-likeness (QED) is 0.881. The van der Waals surface area contributed by atoms with E-state index in [0.29, 0.717) is 23.9 Å². The Hall–Kier alpha value is -2.54. The molecule has 1 unspecified atom stereocenters. The zero-order chi connectivity index (χ0) is 16.9. The van der Waals surface area contributed by atoms with Crippen molar-refractivity contribution in [3.05, 3.63) is 47.5 Å². The molecule has 3 rings (SSSR count). The van der Waals surface area contributed by atoms with E-state index in [2.05, 4.69) is 20.6 Å². The van der Waals surface area contributed by atoms with Crippen molar-refractivity contribution in [3.8, 4) is 0 Å². The highest BCUT2D eigenvalue weighted by Gasteiger charge is 2.16. The van der Waals surface area contributed by atoms with E-state index in [9.17, 15) is 9.18 Å². The third-order valence-corrected chi connectivity index (χ3v) is 3.68. The lowest BCUT2D eigenvalue weighted by Crippen LogP contribution is -2.21. The Labute approximate surface area is 139 Å². The maximum Gasteiger partial charge on any atom is 0.274 e. The summed E-state index contributed by atoms with van der Waals surface area (Å²) >= 11 is 0. The smallest absolute Gasteiger partial charge is 0.274 e. The van der Waals surface area contributed by atoms with E-state index in [4.69, 9.17) is 4.74 Å². The van der Waals surface area contributed by atoms with Gasteiger partial charge in [-0.25, -0.2) is 14.4 Å². The normalized spacial score (nSPS) is 16.8. The number of carbonyl (C=O) groups excluding carboxylic acids is 1. The molecule has 0 radical (unpaired) electrons. The Morgan fingerprint density at radius 1 is 1.38 bits per heavy atom. The van der Waals surface area contributed by atoms with Gasteiger partial charge in [0, 0.05) is 24.5 Å². The van der Waals surface area contributed by atoms with E-state index in [0.717, 1.165) is 19.4 Å². The predicted octanol–water partition coefficient (Wildman–Crippen LogP) is 2.77. The SMILES string of the molecule is Cc1cc(C(=O)Nc2cccc(F)c2)nc(NCC2CCCO2)n1. The van der Waals surface area contributed by atoms with Crippen LogP contribution in [0.3, 0.4) is 0 Å². The molecular formula is C17H19FN4O2. The molecule has 2 N–H and O–H groups in total. The fourth-order valence-electron chi connectivity index (χ4n) is 2.54. The second-order valence-electron chi connectivity index (χ2n) is 5.70. The Bertz CT molecular complexity index is 732. The molecule has 0 spiro atoms. The standard InChI is InChI=1S/C17H19FN4O2/c1-11-8-15(16(23)21-13-5-2-4-12(18)9-13)22-17(20-11)19-10-14-6-3-7-24-14/h2,4-5,8-9,14H,3,6-7,10H2,1H3,(H,21,23)(H,19,20,22). The molecule has 24 heavy (non-hydrogen) atoms. The fourth-order valence-corrected chi connectivity index (χ4v) is 2.54. The molecule has 1 fully saturated rings. The molecule has 1 aliphatic rings. The van der Waals surface area contributed by atoms with Gasteiger partial charge < -0.3 is 15.4 Å². The van der Waals surface area contributed by atoms with Crippen LogP contribution in [0.15, 0.2) is 30.3 Å². The second-order valence-corrected chi connectivity index (χ2v) is 5.70. The van der Waals surface area contributed by atoms with E-state index in [-0.39, 0.29) is 11.8 Å². The molecule has 1 atom stereocenters. The molecule has 0 bridgehead atoms. The van der Waals surface area contributed by atoms with Gasteiger partial charge in [-0.1, -0.05) is 6.07 Å². The number of halogens is 1. The number of amides is 1. The molecule has 1 aromatic heterocycles. The highest BCUT2D eigenvalue weighted by atomic mass is 19.1. The minimum absolute atomic E-state index is 0.152. The molecule has 7 heteroatoms. The number of nitrogens with zero attached hydrogens (tertiary/aromatic N) is 2. The Balaban J connectivity index is 1.68. The van der Waals surface area contributed by atoms with Gasteiger partial charge in [-0.05, 0) is 44.0 Å². The number of aromatic nitrogens is 2. The molecule has 1 amide bonds. The molecule has 6 nitrogen and oxygen atoms in total. The van der Waals surface area contributed by atoms with Crippen LogP contribution in [0.25, 0.3) is 0 Å². The Morgan fingerprint density at radius 3 is 3.00 bits per heavy atom. The van der Waals surface area contributed by atoms with Gasteiger partial charge in [0.05, 0.1) is 6.10 Å². The number of ether oxygens (including phenoxy) is 1. The van der Waals surface area contributed by atoms with Crippen molar-refractivity contribution in [2.45, 2.75) is 25.9 Å². The zero-order valence-electron chi connectivity index (χ0n) is 13.4. The van der Waals surface area contributed by atoms with Gasteiger partial charge in [0.15, 0.2) is 0 Å². The molecule has 0 aliphatic carbocycles. The predicted molar refractivity (Wildman–Crippen MR) is 88.6 cm³/mol. The van der Waals surface area contributed by atoms with Crippen molar-refractivity contribution in [1.29, 1.82) is 0 Å². The summed E-state index contributed by atoms with van der Waals surface area (Å²) in [5.41, 5.74) is 1.27. The lowest BCUT2D eigenvalue weighted by atomic mass is 10.2. The van der Waals surface area contributed by atoms with E-state index >= 15 is 0 Å². The van der Waals surface area contributed by atoms with Crippen molar-refractivity contribution in [1.82, 2.24) is 9.97 Å². The monoisotopic (exact) mass is 330 g/mol. The fraction of sp³-hybridized carbons (Fsp3) is 0.353. The number of benzene rings is 1. The van der Waals surface area contributed by atoms with E-state index < -0.39 is 11.7 Å². The first kappa shape index (κ1) is 16.3. The van der Waals surface area contributed by atoms with Crippen LogP contribution in [0.1, 0.15) is 29.0 Å². The summed E-state index contributed by atoms with van der Waals surface area (Å²) in [4.78, 5) is 20.8. The summed E-state index contributed by atoms with van der Waals surface area (Å²) in [6.07, 6.45) is 2.22. The average molecular weight is 330 g/mol. The van der Waals surface area contributed by atoms with Gasteiger partial charge in [0.1, 0.15) is 11.5 Å². The molecular weight excluding hydrogens is 311 g/mol. The van der Waals surface area contributed by atoms with Crippen LogP contribution in [-0.4, -0.2) is 35.1 Å². The Morgan fingerprint density at radius 2 is 2.25 bits per heavy atom. The lowest BCUT2D eigenvalue weighted by molar-refractivity contribution is 0.102. The van der Waals surface area contributed by atoms with Crippen molar-refractivity contribution < 1.29 is 13.9 Å². The largest absolute Gasteiger partial charge is 0.376 e. The Kier molecular flexibility index (Phi) is 5.00. The number of aryl methyl sites for hydroxylation is 1. The van der Waals surface area contributed by atoms with Gasteiger partial charge >= 0.3 is 0 Å². The topological polar surface area (TPSA) is 76.1 Å². The third kappa shape index (κ3) is 4.26. The lowest BCUT2D eigenvalue weighted by Gasteiger charge is -2.12. The summed E-state index contributed by atoms with van der Waals surface area (Å²) in [7, 11) is 0. The molecule has 1 saturated heterocycles. The first-order valence-electron chi connectivity index (χ1n) is 7.88. The summed E-state index contributed by atoms with van der Waals surface area (Å²) in [5, 5.41) is 5.74. The van der Waals surface area contributed by atoms with Crippen LogP contribution in [0.2, 0.25) is 0 Å². The molecule has 1 aliphatic heterocycles. The summed E-state index contributed by atoms with van der Waals surface area (Å²) < 4.78 is 18.7. The maximum atomic E-state index is 13.2. The van der Waals surface area contributed by atoms with Gasteiger partial charge in [-0.2, -0.15) is 0 Å². The first-order chi connectivity index (χ1) is 11.6. The van der Waals surface area contributed by atoms with Crippen molar-refractivity contribution in [2.75, 3.05) is 23.8 Å². The summed E-state index contributed by atoms with van der Waals surface area (Å²) in [5.74, 6) is -0.438. The minimum atomic E-state index is -0.411. The van der Waals surface area contributed by atoms with Gasteiger partial charge in [-0.3, -0.25) is 4.79 Å². The number of carbonyl (C=O) groups is 1. The molecule has 1 aromatic carbocycles. The first-order valence-corrected chi connectivity index (χ1v) is 7.88. The molecule has 2 heterocycles. The number of hydrogen-bond acceptors (Lipinski definition) is 5. The van der Waals surface area contributed by atoms with Crippen LogP contribution in [0.4, 0.5) is 16.0 Å². The average Bonchev–Trinajstić information content (AvgIpc) is 3.06. The summed E-state index contributed by atoms with van der Waals surface area (Å²) in [6, 6.07) is 7.31. The number of nitrogens with one attached hydrogen (secondary N) is 2. The van der Waals surface area contributed by atoms with Crippen LogP contribution in [0.5, 0.6) is 0 Å². The number of anilines is 2. The zero-order valence-corrected chi connectivity index (χ0v) is 13.4. The van der Waals surface area contributed by atoms with E-state index in [1.54, 1.807) is 19.1 Å². The van der Waals surface area contributed by atoms with Crippen molar-refractivity contribution in [3.63, 3.8) is 0 Å². The second kappa shape index (κ2) is 7.35. The number of rotatable bonds is 5. The van der Waals surface area contributed by atoms with Crippen LogP contribution >= 0.6 is 0 Å². The molecule has 0 saturated carbocycles. The summed E-state index contributed by atoms with van der Waals surface area (Å²) in [6.45, 7) is 3.18. The van der Waals surface area contributed by atoms with Crippen molar-refractivity contribution in [2.24, 2.45) is 0 Å². The van der Waals surface area contributed by atoms with Gasteiger partial charge in [0.25, 0.3) is 5.91 Å². The molecule has 2 aromatic rings. The maximum absolute atomic E-state index is 13.2. The van der Waals surface area contributed by atoms with Crippen molar-refractivity contribution >= 4 is 17.5 Å². The van der Waals surface area contributed by atoms with Crippen LogP contribution in [0, 0.1) is 12.7 Å². The highest BCUT2D eigenvalue weighted by molar-refractivity contribution is 6.03. The molecule has 126 valence electrons. The van der Waals surface area contributed by atoms with Crippen LogP contribution in [-0.2, 0) is 4.74 Å². The van der Waals surface area contributed by atoms with E-state index in [1.165, 1.54) is 18.2 Å². The third-order valence-electron chi connectivity index (χ3n) is 3.68. The van der Waals surface area contributed by atoms with E-state index in [1.807, 2.05) is 0 Å². The van der Waals surface area contributed by atoms with Crippen LogP contribution < -0.4 is 10.6 Å².